The molecule has 9 heteroatoms. The third kappa shape index (κ3) is 5.37. The van der Waals surface area contributed by atoms with E-state index in [1.54, 1.807) is 6.20 Å². The number of hydrogen-bond donors (Lipinski definition) is 4. The highest BCUT2D eigenvalue weighted by Crippen LogP contribution is 2.17. The second-order valence-electron chi connectivity index (χ2n) is 5.64. The number of carboxylic acids is 2. The standard InChI is InChI=1S/C12H20N4O4S/c1-16(2,3)9(11(19)20)4-7-5-14-12(15-7)21-6-8(13)10(17)18/h5,8-9H,4,6,13H2,1-3H3,(H2-,14,15,17,18,19,20)/p+1/t8-,9-/m0/s1. The number of aromatic amines is 1. The molecule has 0 aliphatic heterocycles. The van der Waals surface area contributed by atoms with Crippen molar-refractivity contribution in [2.24, 2.45) is 5.73 Å². The molecule has 0 aliphatic carbocycles. The molecule has 0 fully saturated rings. The molecule has 0 radical (unpaired) electrons. The first-order valence-electron chi connectivity index (χ1n) is 6.30. The highest BCUT2D eigenvalue weighted by Gasteiger charge is 2.32. The van der Waals surface area contributed by atoms with Crippen LogP contribution >= 0.6 is 11.8 Å². The normalized spacial score (nSPS) is 14.7. The van der Waals surface area contributed by atoms with E-state index < -0.39 is 24.0 Å². The van der Waals surface area contributed by atoms with E-state index in [1.807, 2.05) is 21.1 Å². The van der Waals surface area contributed by atoms with E-state index in [1.165, 1.54) is 11.8 Å². The van der Waals surface area contributed by atoms with Crippen LogP contribution in [0.1, 0.15) is 5.69 Å². The number of nitrogens with one attached hydrogen (secondary N) is 1. The molecule has 118 valence electrons. The zero-order valence-corrected chi connectivity index (χ0v) is 13.1. The van der Waals surface area contributed by atoms with Crippen LogP contribution in [-0.2, 0) is 16.0 Å². The third-order valence-electron chi connectivity index (χ3n) is 2.96. The molecule has 0 aliphatic rings. The van der Waals surface area contributed by atoms with Crippen molar-refractivity contribution >= 4 is 23.7 Å². The summed E-state index contributed by atoms with van der Waals surface area (Å²) in [5, 5.41) is 18.5. The number of aliphatic carboxylic acids is 2. The summed E-state index contributed by atoms with van der Waals surface area (Å²) in [4.78, 5) is 29.0. The van der Waals surface area contributed by atoms with E-state index in [9.17, 15) is 14.7 Å². The summed E-state index contributed by atoms with van der Waals surface area (Å²) in [6, 6.07) is -1.55. The van der Waals surface area contributed by atoms with Gasteiger partial charge in [0.05, 0.1) is 27.6 Å². The van der Waals surface area contributed by atoms with Gasteiger partial charge in [-0.05, 0) is 0 Å². The molecule has 1 aromatic rings. The molecule has 0 unspecified atom stereocenters. The van der Waals surface area contributed by atoms with Crippen molar-refractivity contribution in [2.45, 2.75) is 23.7 Å². The number of hydrogen-bond acceptors (Lipinski definition) is 5. The molecular weight excluding hydrogens is 296 g/mol. The second kappa shape index (κ2) is 6.92. The lowest BCUT2D eigenvalue weighted by Gasteiger charge is -2.30. The number of nitrogens with zero attached hydrogens (tertiary/aromatic N) is 2. The van der Waals surface area contributed by atoms with Crippen LogP contribution < -0.4 is 5.73 Å². The Kier molecular flexibility index (Phi) is 5.76. The minimum absolute atomic E-state index is 0.194. The largest absolute Gasteiger partial charge is 0.480 e. The van der Waals surface area contributed by atoms with Crippen LogP contribution in [0.25, 0.3) is 0 Å². The number of carbonyl (C=O) groups is 2. The van der Waals surface area contributed by atoms with Gasteiger partial charge in [0, 0.05) is 17.6 Å². The van der Waals surface area contributed by atoms with Gasteiger partial charge in [0.25, 0.3) is 0 Å². The van der Waals surface area contributed by atoms with Crippen molar-refractivity contribution < 1.29 is 24.3 Å². The minimum Gasteiger partial charge on any atom is -0.480 e. The van der Waals surface area contributed by atoms with Gasteiger partial charge >= 0.3 is 11.9 Å². The average molecular weight is 317 g/mol. The summed E-state index contributed by atoms with van der Waals surface area (Å²) in [5.74, 6) is -1.75. The fraction of sp³-hybridized carbons (Fsp3) is 0.583. The van der Waals surface area contributed by atoms with Gasteiger partial charge in [0.2, 0.25) is 0 Å². The summed E-state index contributed by atoms with van der Waals surface area (Å²) < 4.78 is 0.292. The van der Waals surface area contributed by atoms with Gasteiger partial charge in [-0.25, -0.2) is 9.78 Å². The van der Waals surface area contributed by atoms with Gasteiger partial charge in [0.1, 0.15) is 6.04 Å². The molecule has 0 saturated heterocycles. The fourth-order valence-corrected chi connectivity index (χ4v) is 2.47. The van der Waals surface area contributed by atoms with E-state index in [2.05, 4.69) is 9.97 Å². The Morgan fingerprint density at radius 3 is 2.48 bits per heavy atom. The molecule has 0 spiro atoms. The number of aromatic nitrogens is 2. The Labute approximate surface area is 126 Å². The Hall–Kier alpha value is -1.58. The number of quaternary nitrogens is 1. The zero-order chi connectivity index (χ0) is 16.2. The average Bonchev–Trinajstić information content (AvgIpc) is 2.78. The number of carboxylic acid groups (broad SMARTS) is 2. The van der Waals surface area contributed by atoms with Crippen LogP contribution in [0, 0.1) is 0 Å². The van der Waals surface area contributed by atoms with E-state index >= 15 is 0 Å². The number of H-pyrrole nitrogens is 1. The topological polar surface area (TPSA) is 129 Å². The van der Waals surface area contributed by atoms with Gasteiger partial charge in [0.15, 0.2) is 11.2 Å². The molecule has 8 nitrogen and oxygen atoms in total. The first-order valence-corrected chi connectivity index (χ1v) is 7.28. The summed E-state index contributed by atoms with van der Waals surface area (Å²) in [6.07, 6.45) is 1.89. The Bertz CT molecular complexity index is 512. The van der Waals surface area contributed by atoms with Gasteiger partial charge in [-0.2, -0.15) is 0 Å². The molecule has 1 heterocycles. The van der Waals surface area contributed by atoms with Crippen LogP contribution in [0.2, 0.25) is 0 Å². The maximum absolute atomic E-state index is 11.3. The molecule has 21 heavy (non-hydrogen) atoms. The summed E-state index contributed by atoms with van der Waals surface area (Å²) in [6.45, 7) is 0. The Balaban J connectivity index is 2.66. The van der Waals surface area contributed by atoms with Crippen molar-refractivity contribution in [1.29, 1.82) is 0 Å². The third-order valence-corrected chi connectivity index (χ3v) is 3.96. The molecule has 5 N–H and O–H groups in total. The van der Waals surface area contributed by atoms with Crippen LogP contribution in [-0.4, -0.2) is 75.6 Å². The van der Waals surface area contributed by atoms with E-state index in [0.717, 1.165) is 0 Å². The first kappa shape index (κ1) is 17.5. The van der Waals surface area contributed by atoms with Crippen LogP contribution in [0.4, 0.5) is 0 Å². The van der Waals surface area contributed by atoms with E-state index in [4.69, 9.17) is 10.8 Å². The highest BCUT2D eigenvalue weighted by molar-refractivity contribution is 7.99. The van der Waals surface area contributed by atoms with Crippen molar-refractivity contribution in [1.82, 2.24) is 9.97 Å². The lowest BCUT2D eigenvalue weighted by atomic mass is 10.1. The first-order chi connectivity index (χ1) is 9.61. The zero-order valence-electron chi connectivity index (χ0n) is 12.2. The molecule has 0 bridgehead atoms. The molecule has 1 rings (SSSR count). The predicted molar refractivity (Wildman–Crippen MR) is 78.1 cm³/mol. The smallest absolute Gasteiger partial charge is 0.362 e. The van der Waals surface area contributed by atoms with Crippen molar-refractivity contribution in [2.75, 3.05) is 26.9 Å². The van der Waals surface area contributed by atoms with Gasteiger partial charge in [-0.3, -0.25) is 4.79 Å². The van der Waals surface area contributed by atoms with Crippen molar-refractivity contribution in [3.05, 3.63) is 11.9 Å². The lowest BCUT2D eigenvalue weighted by molar-refractivity contribution is -0.887. The highest BCUT2D eigenvalue weighted by atomic mass is 32.2. The summed E-state index contributed by atoms with van der Waals surface area (Å²) in [5.41, 5.74) is 6.10. The van der Waals surface area contributed by atoms with Gasteiger partial charge < -0.3 is 25.4 Å². The monoisotopic (exact) mass is 317 g/mol. The molecule has 0 amide bonds. The van der Waals surface area contributed by atoms with Crippen LogP contribution in [0.3, 0.4) is 0 Å². The SMILES string of the molecule is C[N+](C)(C)[C@@H](Cc1cnc(SC[C@H](N)C(=O)O)[nH]1)C(=O)O. The molecule has 0 aromatic carbocycles. The Morgan fingerprint density at radius 2 is 2.00 bits per heavy atom. The maximum Gasteiger partial charge on any atom is 0.362 e. The summed E-state index contributed by atoms with van der Waals surface area (Å²) >= 11 is 1.20. The number of imidazole rings is 1. The lowest BCUT2D eigenvalue weighted by Crippen LogP contribution is -2.51. The van der Waals surface area contributed by atoms with E-state index in [0.29, 0.717) is 21.8 Å². The number of likely N-dealkylation sites (N-methyl/N-ethyl adjacent to an activating group) is 1. The number of nitrogens with two attached hydrogens (primary N) is 1. The van der Waals surface area contributed by atoms with Crippen molar-refractivity contribution in [3.63, 3.8) is 0 Å². The fourth-order valence-electron chi connectivity index (χ4n) is 1.66. The Morgan fingerprint density at radius 1 is 1.38 bits per heavy atom. The van der Waals surface area contributed by atoms with Crippen LogP contribution in [0.5, 0.6) is 0 Å². The number of rotatable bonds is 8. The summed E-state index contributed by atoms with van der Waals surface area (Å²) in [7, 11) is 5.45. The van der Waals surface area contributed by atoms with Gasteiger partial charge in [-0.15, -0.1) is 0 Å². The molecule has 2 atom stereocenters. The maximum atomic E-state index is 11.3. The molecular formula is C12H21N4O4S+. The molecule has 1 aromatic heterocycles. The number of thioether (sulfide) groups is 1. The van der Waals surface area contributed by atoms with E-state index in [-0.39, 0.29) is 5.75 Å². The molecule has 0 saturated carbocycles. The quantitative estimate of drug-likeness (QED) is 0.380. The van der Waals surface area contributed by atoms with Crippen molar-refractivity contribution in [3.8, 4) is 0 Å². The van der Waals surface area contributed by atoms with Crippen LogP contribution in [0.15, 0.2) is 11.4 Å². The van der Waals surface area contributed by atoms with Gasteiger partial charge in [-0.1, -0.05) is 11.8 Å². The minimum atomic E-state index is -1.06. The second-order valence-corrected chi connectivity index (χ2v) is 6.65. The predicted octanol–water partition coefficient (Wildman–Crippen LogP) is -0.384.